The van der Waals surface area contributed by atoms with Crippen molar-refractivity contribution >= 4 is 23.6 Å². The number of aliphatic carboxylic acids is 1. The lowest BCUT2D eigenvalue weighted by molar-refractivity contribution is -0.150. The average molecular weight is 541 g/mol. The summed E-state index contributed by atoms with van der Waals surface area (Å²) in [6, 6.07) is 21.4. The summed E-state index contributed by atoms with van der Waals surface area (Å²) < 4.78 is 0. The summed E-state index contributed by atoms with van der Waals surface area (Å²) >= 11 is 0. The molecule has 0 radical (unpaired) electrons. The van der Waals surface area contributed by atoms with E-state index in [4.69, 9.17) is 4.98 Å². The summed E-state index contributed by atoms with van der Waals surface area (Å²) in [6.07, 6.45) is 1.70. The number of rotatable bonds is 7. The third kappa shape index (κ3) is 5.94. The summed E-state index contributed by atoms with van der Waals surface area (Å²) in [5, 5.41) is 18.3. The maximum absolute atomic E-state index is 13.3. The lowest BCUT2D eigenvalue weighted by atomic mass is 9.73. The highest BCUT2D eigenvalue weighted by Gasteiger charge is 2.44. The average Bonchev–Trinajstić information content (AvgIpc) is 2.98. The molecule has 0 spiro atoms. The maximum atomic E-state index is 13.3. The number of carboxylic acids is 1. The third-order valence-corrected chi connectivity index (χ3v) is 7.76. The summed E-state index contributed by atoms with van der Waals surface area (Å²) in [5.74, 6) is -3.68. The van der Waals surface area contributed by atoms with Gasteiger partial charge in [0, 0.05) is 41.2 Å². The van der Waals surface area contributed by atoms with Gasteiger partial charge in [0.1, 0.15) is 12.0 Å². The molecule has 9 nitrogen and oxygen atoms in total. The van der Waals surface area contributed by atoms with E-state index in [0.29, 0.717) is 36.2 Å². The van der Waals surface area contributed by atoms with Gasteiger partial charge in [-0.25, -0.2) is 4.98 Å². The number of fused-ring (bicyclic) bond motifs is 1. The van der Waals surface area contributed by atoms with Crippen LogP contribution in [0.5, 0.6) is 0 Å². The summed E-state index contributed by atoms with van der Waals surface area (Å²) in [4.78, 5) is 55.3. The molecule has 2 aliphatic rings. The molecule has 2 amide bonds. The highest BCUT2D eigenvalue weighted by molar-refractivity contribution is 6.01. The number of aromatic nitrogens is 1. The Morgan fingerprint density at radius 2 is 1.55 bits per heavy atom. The minimum absolute atomic E-state index is 0.0716. The first-order valence-electron chi connectivity index (χ1n) is 13.5. The number of pyridine rings is 1. The number of ketones is 1. The normalized spacial score (nSPS) is 23.0. The molecule has 1 saturated heterocycles. The molecule has 1 aromatic heterocycles. The van der Waals surface area contributed by atoms with Gasteiger partial charge in [-0.2, -0.15) is 0 Å². The lowest BCUT2D eigenvalue weighted by Crippen LogP contribution is -2.58. The molecule has 5 atom stereocenters. The number of Topliss-reactive ketones (excluding diaryl/α,β-unsaturated/α-hetero) is 1. The molecule has 5 rings (SSSR count). The van der Waals surface area contributed by atoms with Crippen LogP contribution in [0.2, 0.25) is 0 Å². The van der Waals surface area contributed by atoms with E-state index in [0.717, 1.165) is 11.1 Å². The van der Waals surface area contributed by atoms with Gasteiger partial charge in [0.2, 0.25) is 5.91 Å². The molecule has 3 aromatic rings. The Hall–Kier alpha value is -4.37. The number of hydrogen-bond donors (Lipinski definition) is 4. The Morgan fingerprint density at radius 3 is 2.12 bits per heavy atom. The Morgan fingerprint density at radius 1 is 0.950 bits per heavy atom. The Kier molecular flexibility index (Phi) is 8.02. The zero-order chi connectivity index (χ0) is 28.2. The van der Waals surface area contributed by atoms with E-state index in [1.54, 1.807) is 19.1 Å². The van der Waals surface area contributed by atoms with Gasteiger partial charge < -0.3 is 21.1 Å². The van der Waals surface area contributed by atoms with E-state index in [1.807, 2.05) is 60.7 Å². The molecule has 0 bridgehead atoms. The fourth-order valence-electron chi connectivity index (χ4n) is 5.54. The molecule has 206 valence electrons. The number of amides is 2. The summed E-state index contributed by atoms with van der Waals surface area (Å²) in [7, 11) is 0. The first-order chi connectivity index (χ1) is 19.3. The van der Waals surface area contributed by atoms with Crippen molar-refractivity contribution in [3.63, 3.8) is 0 Å². The number of nitrogens with zero attached hydrogens (tertiary/aromatic N) is 1. The molecule has 9 heteroatoms. The van der Waals surface area contributed by atoms with Crippen molar-refractivity contribution in [2.45, 2.75) is 44.3 Å². The largest absolute Gasteiger partial charge is 0.481 e. The van der Waals surface area contributed by atoms with Crippen LogP contribution in [-0.2, 0) is 14.4 Å². The van der Waals surface area contributed by atoms with Crippen molar-refractivity contribution < 1.29 is 24.3 Å². The number of carboxylic acid groups (broad SMARTS) is 1. The van der Waals surface area contributed by atoms with Crippen LogP contribution in [0.3, 0.4) is 0 Å². The fraction of sp³-hybridized carbons (Fsp3) is 0.323. The van der Waals surface area contributed by atoms with Gasteiger partial charge in [0.25, 0.3) is 5.91 Å². The molecule has 40 heavy (non-hydrogen) atoms. The Bertz CT molecular complexity index is 1350. The molecule has 2 fully saturated rings. The summed E-state index contributed by atoms with van der Waals surface area (Å²) in [6.45, 7) is 1.76. The van der Waals surface area contributed by atoms with Crippen molar-refractivity contribution in [2.75, 3.05) is 6.54 Å². The molecule has 1 aliphatic heterocycles. The van der Waals surface area contributed by atoms with Gasteiger partial charge in [0.15, 0.2) is 5.78 Å². The number of nitrogens with one attached hydrogen (secondary N) is 3. The smallest absolute Gasteiger partial charge is 0.315 e. The minimum atomic E-state index is -1.12. The van der Waals surface area contributed by atoms with E-state index in [1.165, 1.54) is 0 Å². The predicted molar refractivity (Wildman–Crippen MR) is 149 cm³/mol. The van der Waals surface area contributed by atoms with Gasteiger partial charge >= 0.3 is 5.97 Å². The number of carbonyl (C=O) groups excluding carboxylic acids is 3. The van der Waals surface area contributed by atoms with Gasteiger partial charge in [-0.1, -0.05) is 60.7 Å². The predicted octanol–water partition coefficient (Wildman–Crippen LogP) is 3.06. The SMILES string of the molecule is C[C@H](NC(=O)c1cc(-c2ccccc2)nc(-c2ccccc2)c1)C(=O)NC1CCC2NCC(C(=O)O)C(=O)C2C1. The van der Waals surface area contributed by atoms with Crippen LogP contribution in [0.4, 0.5) is 0 Å². The first kappa shape index (κ1) is 27.2. The van der Waals surface area contributed by atoms with Crippen molar-refractivity contribution in [1.29, 1.82) is 0 Å². The van der Waals surface area contributed by atoms with Gasteiger partial charge in [-0.15, -0.1) is 0 Å². The van der Waals surface area contributed by atoms with E-state index >= 15 is 0 Å². The highest BCUT2D eigenvalue weighted by atomic mass is 16.4. The van der Waals surface area contributed by atoms with Gasteiger partial charge in [-0.05, 0) is 38.3 Å². The van der Waals surface area contributed by atoms with Crippen molar-refractivity contribution in [3.8, 4) is 22.5 Å². The summed E-state index contributed by atoms with van der Waals surface area (Å²) in [5.41, 5.74) is 3.41. The maximum Gasteiger partial charge on any atom is 0.315 e. The van der Waals surface area contributed by atoms with Crippen LogP contribution in [0, 0.1) is 11.8 Å². The van der Waals surface area contributed by atoms with Crippen LogP contribution in [0.25, 0.3) is 22.5 Å². The van der Waals surface area contributed by atoms with Crippen molar-refractivity contribution in [1.82, 2.24) is 20.9 Å². The van der Waals surface area contributed by atoms with E-state index < -0.39 is 29.8 Å². The van der Waals surface area contributed by atoms with Gasteiger partial charge in [0.05, 0.1) is 11.4 Å². The Labute approximate surface area is 232 Å². The highest BCUT2D eigenvalue weighted by Crippen LogP contribution is 2.31. The second-order valence-electron chi connectivity index (χ2n) is 10.5. The molecule has 1 aliphatic carbocycles. The molecular formula is C31H32N4O5. The van der Waals surface area contributed by atoms with Gasteiger partial charge in [-0.3, -0.25) is 19.2 Å². The zero-order valence-corrected chi connectivity index (χ0v) is 22.2. The topological polar surface area (TPSA) is 137 Å². The number of benzene rings is 2. The molecule has 1 saturated carbocycles. The van der Waals surface area contributed by atoms with Crippen LogP contribution < -0.4 is 16.0 Å². The number of hydrogen-bond acceptors (Lipinski definition) is 6. The van der Waals surface area contributed by atoms with Crippen LogP contribution in [0.15, 0.2) is 72.8 Å². The molecule has 4 unspecified atom stereocenters. The second kappa shape index (κ2) is 11.8. The van der Waals surface area contributed by atoms with E-state index in [2.05, 4.69) is 16.0 Å². The molecule has 2 heterocycles. The van der Waals surface area contributed by atoms with E-state index in [9.17, 15) is 24.3 Å². The van der Waals surface area contributed by atoms with Crippen molar-refractivity contribution in [3.05, 3.63) is 78.4 Å². The minimum Gasteiger partial charge on any atom is -0.481 e. The van der Waals surface area contributed by atoms with Crippen LogP contribution >= 0.6 is 0 Å². The number of piperidine rings is 1. The quantitative estimate of drug-likeness (QED) is 0.338. The molecule has 2 aromatic carbocycles. The molecular weight excluding hydrogens is 508 g/mol. The fourth-order valence-corrected chi connectivity index (χ4v) is 5.54. The van der Waals surface area contributed by atoms with Crippen LogP contribution in [-0.4, -0.2) is 58.3 Å². The number of carbonyl (C=O) groups is 4. The van der Waals surface area contributed by atoms with E-state index in [-0.39, 0.29) is 30.3 Å². The van der Waals surface area contributed by atoms with Crippen LogP contribution in [0.1, 0.15) is 36.5 Å². The Balaban J connectivity index is 1.27. The second-order valence-corrected chi connectivity index (χ2v) is 10.5. The third-order valence-electron chi connectivity index (χ3n) is 7.76. The lowest BCUT2D eigenvalue weighted by Gasteiger charge is -2.41. The standard InChI is InChI=1S/C31H32N4O5/c1-18(29(37)34-22-12-13-25-23(16-22)28(36)24(17-32-25)31(39)40)33-30(38)21-14-26(19-8-4-2-5-9-19)35-27(15-21)20-10-6-3-7-11-20/h2-11,14-15,18,22-25,32H,12-13,16-17H2,1H3,(H,33,38)(H,34,37)(H,39,40)/t18-,22?,23?,24?,25?/m0/s1. The molecule has 4 N–H and O–H groups in total. The first-order valence-corrected chi connectivity index (χ1v) is 13.5. The zero-order valence-electron chi connectivity index (χ0n) is 22.2. The van der Waals surface area contributed by atoms with Crippen molar-refractivity contribution in [2.24, 2.45) is 11.8 Å². The monoisotopic (exact) mass is 540 g/mol.